The summed E-state index contributed by atoms with van der Waals surface area (Å²) in [6.45, 7) is 0.608. The maximum atomic E-state index is 12.9. The highest BCUT2D eigenvalue weighted by Gasteiger charge is 2.17. The van der Waals surface area contributed by atoms with E-state index in [0.29, 0.717) is 11.4 Å². The van der Waals surface area contributed by atoms with Crippen molar-refractivity contribution in [3.63, 3.8) is 0 Å². The Morgan fingerprint density at radius 2 is 2.00 bits per heavy atom. The number of nitrogens with two attached hydrogens (primary N) is 1. The maximum Gasteiger partial charge on any atom is 0.261 e. The zero-order valence-corrected chi connectivity index (χ0v) is 16.2. The third-order valence-electron chi connectivity index (χ3n) is 4.76. The average Bonchev–Trinajstić information content (AvgIpc) is 3.41. The molecule has 142 valence electrons. The van der Waals surface area contributed by atoms with Crippen molar-refractivity contribution in [1.29, 1.82) is 0 Å². The van der Waals surface area contributed by atoms with Crippen molar-refractivity contribution in [3.8, 4) is 10.4 Å². The van der Waals surface area contributed by atoms with E-state index in [0.717, 1.165) is 39.9 Å². The second-order valence-electron chi connectivity index (χ2n) is 6.63. The van der Waals surface area contributed by atoms with E-state index >= 15 is 0 Å². The molecule has 0 saturated heterocycles. The quantitative estimate of drug-likeness (QED) is 0.434. The number of pyridine rings is 1. The normalized spacial score (nSPS) is 12.2. The molecule has 5 nitrogen and oxygen atoms in total. The lowest BCUT2D eigenvalue weighted by Crippen LogP contribution is -2.28. The van der Waals surface area contributed by atoms with Crippen LogP contribution in [0.1, 0.15) is 34.1 Å². The SMILES string of the molecule is NCCCC(NC(=O)c1ccc(-c2ccnc3[nH]ccc23)s1)c1ccccc1. The number of hydrogen-bond acceptors (Lipinski definition) is 4. The van der Waals surface area contributed by atoms with Gasteiger partial charge in [-0.25, -0.2) is 4.98 Å². The number of rotatable bonds is 7. The molecule has 4 N–H and O–H groups in total. The summed E-state index contributed by atoms with van der Waals surface area (Å²) < 4.78 is 0. The first kappa shape index (κ1) is 18.4. The molecular weight excluding hydrogens is 368 g/mol. The van der Waals surface area contributed by atoms with Crippen LogP contribution >= 0.6 is 11.3 Å². The largest absolute Gasteiger partial charge is 0.346 e. The summed E-state index contributed by atoms with van der Waals surface area (Å²) in [4.78, 5) is 22.1. The zero-order chi connectivity index (χ0) is 19.3. The molecule has 4 aromatic rings. The van der Waals surface area contributed by atoms with Crippen LogP contribution in [0.5, 0.6) is 0 Å². The van der Waals surface area contributed by atoms with Gasteiger partial charge < -0.3 is 16.0 Å². The molecule has 0 radical (unpaired) electrons. The number of aromatic amines is 1. The molecule has 0 spiro atoms. The van der Waals surface area contributed by atoms with Crippen molar-refractivity contribution in [2.45, 2.75) is 18.9 Å². The monoisotopic (exact) mass is 390 g/mol. The zero-order valence-electron chi connectivity index (χ0n) is 15.4. The van der Waals surface area contributed by atoms with Gasteiger partial charge in [-0.2, -0.15) is 0 Å². The van der Waals surface area contributed by atoms with Crippen molar-refractivity contribution < 1.29 is 4.79 Å². The molecular formula is C22H22N4OS. The molecule has 3 heterocycles. The molecule has 1 amide bonds. The number of amides is 1. The highest BCUT2D eigenvalue weighted by Crippen LogP contribution is 2.33. The summed E-state index contributed by atoms with van der Waals surface area (Å²) in [5.74, 6) is -0.0542. The van der Waals surface area contributed by atoms with E-state index < -0.39 is 0 Å². The number of H-pyrrole nitrogens is 1. The molecule has 0 aliphatic rings. The molecule has 28 heavy (non-hydrogen) atoms. The van der Waals surface area contributed by atoms with Gasteiger partial charge in [0.25, 0.3) is 5.91 Å². The summed E-state index contributed by atoms with van der Waals surface area (Å²) in [6, 6.07) is 17.9. The van der Waals surface area contributed by atoms with E-state index in [1.54, 1.807) is 6.20 Å². The maximum absolute atomic E-state index is 12.9. The minimum absolute atomic E-state index is 0.0416. The Balaban J connectivity index is 1.56. The molecule has 4 rings (SSSR count). The molecule has 0 aliphatic heterocycles. The fourth-order valence-corrected chi connectivity index (χ4v) is 4.29. The van der Waals surface area contributed by atoms with Crippen LogP contribution in [0.4, 0.5) is 0 Å². The van der Waals surface area contributed by atoms with Crippen LogP contribution in [0.2, 0.25) is 0 Å². The number of fused-ring (bicyclic) bond motifs is 1. The second kappa shape index (κ2) is 8.37. The number of carbonyl (C=O) groups excluding carboxylic acids is 1. The van der Waals surface area contributed by atoms with E-state index in [9.17, 15) is 4.79 Å². The fourth-order valence-electron chi connectivity index (χ4n) is 3.34. The van der Waals surface area contributed by atoms with Crippen LogP contribution in [-0.2, 0) is 0 Å². The van der Waals surface area contributed by atoms with Gasteiger partial charge in [0.15, 0.2) is 0 Å². The van der Waals surface area contributed by atoms with Crippen molar-refractivity contribution >= 4 is 28.3 Å². The van der Waals surface area contributed by atoms with Gasteiger partial charge in [0, 0.05) is 28.2 Å². The average molecular weight is 391 g/mol. The molecule has 0 fully saturated rings. The van der Waals surface area contributed by atoms with Crippen molar-refractivity contribution in [1.82, 2.24) is 15.3 Å². The molecule has 3 aromatic heterocycles. The smallest absolute Gasteiger partial charge is 0.261 e. The Bertz CT molecular complexity index is 1070. The van der Waals surface area contributed by atoms with Crippen LogP contribution in [0, 0.1) is 0 Å². The minimum Gasteiger partial charge on any atom is -0.346 e. The van der Waals surface area contributed by atoms with Gasteiger partial charge in [0.2, 0.25) is 0 Å². The number of aromatic nitrogens is 2. The summed E-state index contributed by atoms with van der Waals surface area (Å²) in [6.07, 6.45) is 5.34. The lowest BCUT2D eigenvalue weighted by molar-refractivity contribution is 0.0938. The Morgan fingerprint density at radius 3 is 2.82 bits per heavy atom. The second-order valence-corrected chi connectivity index (χ2v) is 7.71. The van der Waals surface area contributed by atoms with Crippen molar-refractivity contribution in [2.24, 2.45) is 5.73 Å². The number of carbonyl (C=O) groups is 1. The highest BCUT2D eigenvalue weighted by atomic mass is 32.1. The van der Waals surface area contributed by atoms with Crippen LogP contribution in [0.3, 0.4) is 0 Å². The van der Waals surface area contributed by atoms with E-state index in [1.165, 1.54) is 11.3 Å². The standard InChI is InChI=1S/C22H22N4OS/c23-12-4-7-18(15-5-2-1-3-6-15)26-22(27)20-9-8-19(28-20)16-10-13-24-21-17(16)11-14-25-21/h1-3,5-6,8-11,13-14,18H,4,7,12,23H2,(H,24,25)(H,26,27). The first-order valence-electron chi connectivity index (χ1n) is 9.34. The third kappa shape index (κ3) is 3.83. The van der Waals surface area contributed by atoms with E-state index in [-0.39, 0.29) is 11.9 Å². The first-order chi connectivity index (χ1) is 13.8. The Labute approximate surface area is 167 Å². The van der Waals surface area contributed by atoms with Crippen LogP contribution in [-0.4, -0.2) is 22.4 Å². The van der Waals surface area contributed by atoms with Gasteiger partial charge in [0.1, 0.15) is 5.65 Å². The topological polar surface area (TPSA) is 83.8 Å². The first-order valence-corrected chi connectivity index (χ1v) is 10.2. The van der Waals surface area contributed by atoms with Crippen LogP contribution in [0.25, 0.3) is 21.5 Å². The number of hydrogen-bond donors (Lipinski definition) is 3. The lowest BCUT2D eigenvalue weighted by atomic mass is 10.0. The van der Waals surface area contributed by atoms with Gasteiger partial charge in [-0.15, -0.1) is 11.3 Å². The van der Waals surface area contributed by atoms with Gasteiger partial charge in [-0.3, -0.25) is 4.79 Å². The number of thiophene rings is 1. The van der Waals surface area contributed by atoms with Crippen LogP contribution < -0.4 is 11.1 Å². The van der Waals surface area contributed by atoms with E-state index in [4.69, 9.17) is 5.73 Å². The third-order valence-corrected chi connectivity index (χ3v) is 5.88. The number of nitrogens with one attached hydrogen (secondary N) is 2. The molecule has 6 heteroatoms. The Morgan fingerprint density at radius 1 is 1.14 bits per heavy atom. The molecule has 0 bridgehead atoms. The fraction of sp³-hybridized carbons (Fsp3) is 0.182. The summed E-state index contributed by atoms with van der Waals surface area (Å²) in [5.41, 5.74) is 8.72. The van der Waals surface area contributed by atoms with E-state index in [2.05, 4.69) is 15.3 Å². The Hall–Kier alpha value is -2.96. The summed E-state index contributed by atoms with van der Waals surface area (Å²) in [5, 5.41) is 4.24. The number of benzene rings is 1. The van der Waals surface area contributed by atoms with Gasteiger partial charge in [-0.1, -0.05) is 30.3 Å². The van der Waals surface area contributed by atoms with Gasteiger partial charge in [-0.05, 0) is 49.2 Å². The minimum atomic E-state index is -0.0542. The summed E-state index contributed by atoms with van der Waals surface area (Å²) in [7, 11) is 0. The number of nitrogens with zero attached hydrogens (tertiary/aromatic N) is 1. The molecule has 1 aromatic carbocycles. The lowest BCUT2D eigenvalue weighted by Gasteiger charge is -2.18. The predicted molar refractivity (Wildman–Crippen MR) is 114 cm³/mol. The summed E-state index contributed by atoms with van der Waals surface area (Å²) >= 11 is 1.49. The van der Waals surface area contributed by atoms with Crippen molar-refractivity contribution in [3.05, 3.63) is 77.4 Å². The Kier molecular flexibility index (Phi) is 5.50. The van der Waals surface area contributed by atoms with E-state index in [1.807, 2.05) is 60.8 Å². The predicted octanol–water partition coefficient (Wildman–Crippen LogP) is 4.50. The van der Waals surface area contributed by atoms with Gasteiger partial charge >= 0.3 is 0 Å². The van der Waals surface area contributed by atoms with Crippen molar-refractivity contribution in [2.75, 3.05) is 6.54 Å². The van der Waals surface area contributed by atoms with Crippen LogP contribution in [0.15, 0.2) is 67.0 Å². The molecule has 1 unspecified atom stereocenters. The molecule has 0 aliphatic carbocycles. The highest BCUT2D eigenvalue weighted by molar-refractivity contribution is 7.17. The molecule has 1 atom stereocenters. The van der Waals surface area contributed by atoms with Gasteiger partial charge in [0.05, 0.1) is 10.9 Å². The molecule has 0 saturated carbocycles.